The number of carbonyl (C=O) groups is 1. The first-order chi connectivity index (χ1) is 14.0. The van der Waals surface area contributed by atoms with Crippen LogP contribution in [-0.4, -0.2) is 61.7 Å². The number of ether oxygens (including phenoxy) is 1. The van der Waals surface area contributed by atoms with Crippen LogP contribution in [-0.2, 0) is 17.8 Å². The Balaban J connectivity index is 1.84. The molecule has 0 spiro atoms. The summed E-state index contributed by atoms with van der Waals surface area (Å²) < 4.78 is 5.42. The van der Waals surface area contributed by atoms with Gasteiger partial charge in [-0.2, -0.15) is 0 Å². The Morgan fingerprint density at radius 1 is 1.03 bits per heavy atom. The SMILES string of the molecule is CCC(Cc1ccc(CO)cc1)(C(=O)c1ccc(N2CCOCC2)cc1)N(C)C. The molecule has 2 aromatic rings. The van der Waals surface area contributed by atoms with Crippen molar-refractivity contribution in [3.05, 3.63) is 65.2 Å². The molecule has 1 aliphatic heterocycles. The summed E-state index contributed by atoms with van der Waals surface area (Å²) in [6.07, 6.45) is 1.35. The van der Waals surface area contributed by atoms with Crippen molar-refractivity contribution in [2.24, 2.45) is 0 Å². The van der Waals surface area contributed by atoms with Crippen LogP contribution >= 0.6 is 0 Å². The summed E-state index contributed by atoms with van der Waals surface area (Å²) in [6, 6.07) is 15.9. The molecule has 5 nitrogen and oxygen atoms in total. The van der Waals surface area contributed by atoms with Gasteiger partial charge in [0.2, 0.25) is 0 Å². The van der Waals surface area contributed by atoms with Gasteiger partial charge in [-0.25, -0.2) is 0 Å². The largest absolute Gasteiger partial charge is 0.392 e. The Hall–Kier alpha value is -2.21. The molecule has 156 valence electrons. The predicted octanol–water partition coefficient (Wildman–Crippen LogP) is 3.15. The van der Waals surface area contributed by atoms with Crippen molar-refractivity contribution >= 4 is 11.5 Å². The van der Waals surface area contributed by atoms with Crippen LogP contribution in [0.3, 0.4) is 0 Å². The maximum absolute atomic E-state index is 13.6. The topological polar surface area (TPSA) is 53.0 Å². The maximum Gasteiger partial charge on any atom is 0.183 e. The van der Waals surface area contributed by atoms with Crippen molar-refractivity contribution < 1.29 is 14.6 Å². The van der Waals surface area contributed by atoms with E-state index >= 15 is 0 Å². The highest BCUT2D eigenvalue weighted by atomic mass is 16.5. The van der Waals surface area contributed by atoms with Gasteiger partial charge in [-0.15, -0.1) is 0 Å². The summed E-state index contributed by atoms with van der Waals surface area (Å²) >= 11 is 0. The molecule has 1 N–H and O–H groups in total. The number of aliphatic hydroxyl groups excluding tert-OH is 1. The molecule has 1 unspecified atom stereocenters. The number of hydrogen-bond donors (Lipinski definition) is 1. The second kappa shape index (κ2) is 9.53. The van der Waals surface area contributed by atoms with Gasteiger partial charge < -0.3 is 14.7 Å². The first kappa shape index (κ1) is 21.5. The molecule has 5 heteroatoms. The van der Waals surface area contributed by atoms with Crippen LogP contribution in [0.4, 0.5) is 5.69 Å². The van der Waals surface area contributed by atoms with Gasteiger partial charge in [0.05, 0.1) is 25.4 Å². The first-order valence-electron chi connectivity index (χ1n) is 10.3. The maximum atomic E-state index is 13.6. The smallest absolute Gasteiger partial charge is 0.183 e. The van der Waals surface area contributed by atoms with Gasteiger partial charge in [0.25, 0.3) is 0 Å². The summed E-state index contributed by atoms with van der Waals surface area (Å²) in [5.41, 5.74) is 3.24. The Morgan fingerprint density at radius 3 is 2.14 bits per heavy atom. The molecule has 1 atom stereocenters. The first-order valence-corrected chi connectivity index (χ1v) is 10.3. The number of carbonyl (C=O) groups excluding carboxylic acids is 1. The summed E-state index contributed by atoms with van der Waals surface area (Å²) in [6.45, 7) is 5.36. The minimum Gasteiger partial charge on any atom is -0.392 e. The quantitative estimate of drug-likeness (QED) is 0.695. The normalized spacial score (nSPS) is 16.7. The lowest BCUT2D eigenvalue weighted by atomic mass is 9.80. The molecule has 1 aliphatic rings. The standard InChI is InChI=1S/C24H32N2O3/c1-4-24(25(2)3,17-19-5-7-20(18-27)8-6-19)23(28)21-9-11-22(12-10-21)26-13-15-29-16-14-26/h5-12,27H,4,13-18H2,1-3H3. The summed E-state index contributed by atoms with van der Waals surface area (Å²) in [5, 5.41) is 9.28. The van der Waals surface area contributed by atoms with Gasteiger partial charge in [0, 0.05) is 24.3 Å². The van der Waals surface area contributed by atoms with Gasteiger partial charge in [-0.3, -0.25) is 9.69 Å². The zero-order chi connectivity index (χ0) is 20.9. The van der Waals surface area contributed by atoms with Gasteiger partial charge in [-0.1, -0.05) is 31.2 Å². The molecule has 1 saturated heterocycles. The number of morpholine rings is 1. The van der Waals surface area contributed by atoms with Crippen LogP contribution < -0.4 is 4.90 Å². The molecule has 0 bridgehead atoms. The van der Waals surface area contributed by atoms with E-state index < -0.39 is 5.54 Å². The molecule has 3 rings (SSSR count). The van der Waals surface area contributed by atoms with Crippen LogP contribution in [0.25, 0.3) is 0 Å². The van der Waals surface area contributed by atoms with Crippen LogP contribution in [0.5, 0.6) is 0 Å². The second-order valence-corrected chi connectivity index (χ2v) is 7.91. The number of Topliss-reactive ketones (excluding diaryl/α,β-unsaturated/α-hetero) is 1. The lowest BCUT2D eigenvalue weighted by molar-refractivity contribution is 0.0666. The van der Waals surface area contributed by atoms with E-state index in [1.165, 1.54) is 0 Å². The fourth-order valence-electron chi connectivity index (χ4n) is 4.06. The monoisotopic (exact) mass is 396 g/mol. The number of hydrogen-bond acceptors (Lipinski definition) is 5. The van der Waals surface area contributed by atoms with Crippen LogP contribution in [0.1, 0.15) is 34.8 Å². The number of benzene rings is 2. The van der Waals surface area contributed by atoms with E-state index in [0.29, 0.717) is 12.8 Å². The van der Waals surface area contributed by atoms with E-state index in [-0.39, 0.29) is 12.4 Å². The zero-order valence-corrected chi connectivity index (χ0v) is 17.7. The average Bonchev–Trinajstić information content (AvgIpc) is 2.78. The summed E-state index contributed by atoms with van der Waals surface area (Å²) in [5.74, 6) is 0.143. The van der Waals surface area contributed by atoms with Crippen molar-refractivity contribution in [2.75, 3.05) is 45.3 Å². The molecule has 0 radical (unpaired) electrons. The summed E-state index contributed by atoms with van der Waals surface area (Å²) in [4.78, 5) is 18.0. The minimum absolute atomic E-state index is 0.0291. The van der Waals surface area contributed by atoms with E-state index in [1.54, 1.807) is 0 Å². The molecule has 0 aliphatic carbocycles. The fourth-order valence-corrected chi connectivity index (χ4v) is 4.06. The highest BCUT2D eigenvalue weighted by Gasteiger charge is 2.39. The van der Waals surface area contributed by atoms with Crippen LogP contribution in [0.15, 0.2) is 48.5 Å². The van der Waals surface area contributed by atoms with Gasteiger partial charge >= 0.3 is 0 Å². The Kier molecular flexibility index (Phi) is 7.06. The lowest BCUT2D eigenvalue weighted by Gasteiger charge is -2.38. The number of nitrogens with zero attached hydrogens (tertiary/aromatic N) is 2. The molecule has 29 heavy (non-hydrogen) atoms. The third-order valence-electron chi connectivity index (χ3n) is 6.07. The number of rotatable bonds is 8. The number of likely N-dealkylation sites (N-methyl/N-ethyl adjacent to an activating group) is 1. The lowest BCUT2D eigenvalue weighted by Crippen LogP contribution is -2.52. The predicted molar refractivity (Wildman–Crippen MR) is 117 cm³/mol. The van der Waals surface area contributed by atoms with Crippen molar-refractivity contribution in [3.63, 3.8) is 0 Å². The Bertz CT molecular complexity index is 796. The highest BCUT2D eigenvalue weighted by molar-refractivity contribution is 6.03. The van der Waals surface area contributed by atoms with Crippen LogP contribution in [0, 0.1) is 0 Å². The minimum atomic E-state index is -0.610. The van der Waals surface area contributed by atoms with Gasteiger partial charge in [0.1, 0.15) is 0 Å². The van der Waals surface area contributed by atoms with Crippen LogP contribution in [0.2, 0.25) is 0 Å². The molecule has 1 heterocycles. The van der Waals surface area contributed by atoms with Gasteiger partial charge in [0.15, 0.2) is 5.78 Å². The van der Waals surface area contributed by atoms with E-state index in [0.717, 1.165) is 48.7 Å². The second-order valence-electron chi connectivity index (χ2n) is 7.91. The highest BCUT2D eigenvalue weighted by Crippen LogP contribution is 2.29. The number of aliphatic hydroxyl groups is 1. The Morgan fingerprint density at radius 2 is 1.62 bits per heavy atom. The zero-order valence-electron chi connectivity index (χ0n) is 17.7. The number of anilines is 1. The van der Waals surface area contributed by atoms with Crippen molar-refractivity contribution in [2.45, 2.75) is 31.9 Å². The van der Waals surface area contributed by atoms with Crippen molar-refractivity contribution in [3.8, 4) is 0 Å². The van der Waals surface area contributed by atoms with E-state index in [1.807, 2.05) is 67.5 Å². The Labute approximate surface area is 173 Å². The molecule has 2 aromatic carbocycles. The fraction of sp³-hybridized carbons (Fsp3) is 0.458. The molecular weight excluding hydrogens is 364 g/mol. The van der Waals surface area contributed by atoms with E-state index in [4.69, 9.17) is 4.74 Å². The molecular formula is C24H32N2O3. The molecule has 1 fully saturated rings. The van der Waals surface area contributed by atoms with E-state index in [2.05, 4.69) is 11.8 Å². The van der Waals surface area contributed by atoms with Crippen molar-refractivity contribution in [1.29, 1.82) is 0 Å². The number of ketones is 1. The van der Waals surface area contributed by atoms with Crippen molar-refractivity contribution in [1.82, 2.24) is 4.90 Å². The average molecular weight is 397 g/mol. The molecule has 0 saturated carbocycles. The molecule has 0 aromatic heterocycles. The third kappa shape index (κ3) is 4.69. The van der Waals surface area contributed by atoms with E-state index in [9.17, 15) is 9.90 Å². The summed E-state index contributed by atoms with van der Waals surface area (Å²) in [7, 11) is 3.96. The molecule has 0 amide bonds. The third-order valence-corrected chi connectivity index (χ3v) is 6.07. The van der Waals surface area contributed by atoms with Gasteiger partial charge in [-0.05, 0) is 62.3 Å².